The van der Waals surface area contributed by atoms with Crippen LogP contribution in [-0.4, -0.2) is 30.2 Å². The fourth-order valence-corrected chi connectivity index (χ4v) is 3.57. The SMILES string of the molecule is O=C(Nc1ccc(N2CCCC2=O)c(Cl)c1)C1CC(c2cccc(F)c2)=NO1. The predicted octanol–water partition coefficient (Wildman–Crippen LogP) is 3.74. The molecule has 1 N–H and O–H groups in total. The fraction of sp³-hybridized carbons (Fsp3) is 0.250. The minimum absolute atomic E-state index is 0.0417. The fourth-order valence-electron chi connectivity index (χ4n) is 3.29. The number of rotatable bonds is 4. The van der Waals surface area contributed by atoms with Crippen LogP contribution in [-0.2, 0) is 14.4 Å². The van der Waals surface area contributed by atoms with Gasteiger partial charge in [-0.05, 0) is 36.8 Å². The summed E-state index contributed by atoms with van der Waals surface area (Å²) in [5, 5.41) is 7.03. The molecule has 1 unspecified atom stereocenters. The lowest BCUT2D eigenvalue weighted by molar-refractivity contribution is -0.125. The number of halogens is 2. The Morgan fingerprint density at radius 1 is 1.29 bits per heavy atom. The monoisotopic (exact) mass is 401 g/mol. The molecule has 1 atom stereocenters. The molecule has 1 saturated heterocycles. The third-order valence-electron chi connectivity index (χ3n) is 4.70. The lowest BCUT2D eigenvalue weighted by Crippen LogP contribution is -2.28. The van der Waals surface area contributed by atoms with Gasteiger partial charge in [-0.2, -0.15) is 0 Å². The summed E-state index contributed by atoms with van der Waals surface area (Å²) in [6.45, 7) is 0.639. The van der Waals surface area contributed by atoms with Crippen LogP contribution in [0.4, 0.5) is 15.8 Å². The van der Waals surface area contributed by atoms with Gasteiger partial charge in [0, 0.05) is 30.6 Å². The van der Waals surface area contributed by atoms with Crippen molar-refractivity contribution in [2.24, 2.45) is 5.16 Å². The maximum Gasteiger partial charge on any atom is 0.268 e. The van der Waals surface area contributed by atoms with Gasteiger partial charge in [0.25, 0.3) is 5.91 Å². The average Bonchev–Trinajstić information content (AvgIpc) is 3.31. The molecule has 0 aliphatic carbocycles. The normalized spacial score (nSPS) is 18.8. The van der Waals surface area contributed by atoms with Crippen molar-refractivity contribution in [3.8, 4) is 0 Å². The molecule has 144 valence electrons. The third kappa shape index (κ3) is 3.71. The molecule has 1 fully saturated rings. The molecule has 2 aromatic carbocycles. The highest BCUT2D eigenvalue weighted by atomic mass is 35.5. The quantitative estimate of drug-likeness (QED) is 0.848. The maximum absolute atomic E-state index is 13.4. The molecular weight excluding hydrogens is 385 g/mol. The molecule has 6 nitrogen and oxygen atoms in total. The van der Waals surface area contributed by atoms with Crippen LogP contribution < -0.4 is 10.2 Å². The second kappa shape index (κ2) is 7.59. The first-order chi connectivity index (χ1) is 13.5. The molecule has 8 heteroatoms. The first-order valence-corrected chi connectivity index (χ1v) is 9.28. The van der Waals surface area contributed by atoms with Crippen LogP contribution in [0.2, 0.25) is 5.02 Å². The summed E-state index contributed by atoms with van der Waals surface area (Å²) in [5.41, 5.74) is 2.22. The Hall–Kier alpha value is -2.93. The van der Waals surface area contributed by atoms with E-state index in [1.807, 2.05) is 0 Å². The number of carbonyl (C=O) groups is 2. The lowest BCUT2D eigenvalue weighted by atomic mass is 10.0. The number of nitrogens with zero attached hydrogens (tertiary/aromatic N) is 2. The third-order valence-corrected chi connectivity index (χ3v) is 5.00. The van der Waals surface area contributed by atoms with Crippen molar-refractivity contribution in [2.75, 3.05) is 16.8 Å². The topological polar surface area (TPSA) is 71.0 Å². The largest absolute Gasteiger partial charge is 0.382 e. The number of nitrogens with one attached hydrogen (secondary N) is 1. The average molecular weight is 402 g/mol. The molecule has 0 spiro atoms. The van der Waals surface area contributed by atoms with E-state index < -0.39 is 6.10 Å². The number of hydrogen-bond acceptors (Lipinski definition) is 4. The van der Waals surface area contributed by atoms with E-state index in [2.05, 4.69) is 10.5 Å². The number of benzene rings is 2. The summed E-state index contributed by atoms with van der Waals surface area (Å²) in [4.78, 5) is 31.2. The highest BCUT2D eigenvalue weighted by Crippen LogP contribution is 2.32. The molecule has 2 aliphatic heterocycles. The molecule has 0 saturated carbocycles. The van der Waals surface area contributed by atoms with Crippen molar-refractivity contribution < 1.29 is 18.8 Å². The molecule has 0 radical (unpaired) electrons. The van der Waals surface area contributed by atoms with Gasteiger partial charge in [0.05, 0.1) is 16.4 Å². The minimum atomic E-state index is -0.808. The van der Waals surface area contributed by atoms with E-state index in [9.17, 15) is 14.0 Å². The van der Waals surface area contributed by atoms with Gasteiger partial charge in [-0.15, -0.1) is 0 Å². The Balaban J connectivity index is 1.40. The number of amides is 2. The first kappa shape index (κ1) is 18.4. The molecule has 28 heavy (non-hydrogen) atoms. The molecule has 2 heterocycles. The van der Waals surface area contributed by atoms with E-state index in [4.69, 9.17) is 16.4 Å². The zero-order valence-electron chi connectivity index (χ0n) is 14.8. The Kier molecular flexibility index (Phi) is 5.00. The van der Waals surface area contributed by atoms with Crippen molar-refractivity contribution in [2.45, 2.75) is 25.4 Å². The van der Waals surface area contributed by atoms with Crippen molar-refractivity contribution in [3.63, 3.8) is 0 Å². The number of anilines is 2. The molecule has 0 bridgehead atoms. The summed E-state index contributed by atoms with van der Waals surface area (Å²) in [6.07, 6.45) is 0.752. The first-order valence-electron chi connectivity index (χ1n) is 8.90. The van der Waals surface area contributed by atoms with Crippen molar-refractivity contribution in [3.05, 3.63) is 58.9 Å². The standard InChI is InChI=1S/C20H17ClFN3O3/c21-15-10-14(6-7-17(15)25-8-2-5-19(25)26)23-20(27)18-11-16(24-28-18)12-3-1-4-13(22)9-12/h1,3-4,6-7,9-10,18H,2,5,8,11H2,(H,23,27). The van der Waals surface area contributed by atoms with E-state index in [1.165, 1.54) is 12.1 Å². The Bertz CT molecular complexity index is 979. The number of oxime groups is 1. The zero-order valence-corrected chi connectivity index (χ0v) is 15.6. The Labute approximate surface area is 165 Å². The Morgan fingerprint density at radius 2 is 2.14 bits per heavy atom. The van der Waals surface area contributed by atoms with Crippen LogP contribution in [0.1, 0.15) is 24.8 Å². The van der Waals surface area contributed by atoms with E-state index in [-0.39, 0.29) is 24.1 Å². The summed E-state index contributed by atoms with van der Waals surface area (Å²) in [7, 11) is 0. The van der Waals surface area contributed by atoms with E-state index in [1.54, 1.807) is 35.2 Å². The van der Waals surface area contributed by atoms with E-state index in [0.717, 1.165) is 6.42 Å². The van der Waals surface area contributed by atoms with E-state index in [0.29, 0.717) is 40.6 Å². The molecule has 4 rings (SSSR count). The van der Waals surface area contributed by atoms with Crippen LogP contribution in [0.3, 0.4) is 0 Å². The predicted molar refractivity (Wildman–Crippen MR) is 104 cm³/mol. The van der Waals surface area contributed by atoms with Crippen molar-refractivity contribution in [1.82, 2.24) is 0 Å². The number of hydrogen-bond donors (Lipinski definition) is 1. The second-order valence-electron chi connectivity index (χ2n) is 6.65. The second-order valence-corrected chi connectivity index (χ2v) is 7.06. The van der Waals surface area contributed by atoms with Crippen LogP contribution in [0.5, 0.6) is 0 Å². The molecular formula is C20H17ClFN3O3. The van der Waals surface area contributed by atoms with Crippen LogP contribution in [0.25, 0.3) is 0 Å². The van der Waals surface area contributed by atoms with Gasteiger partial charge in [0.15, 0.2) is 0 Å². The summed E-state index contributed by atoms with van der Waals surface area (Å²) < 4.78 is 13.4. The van der Waals surface area contributed by atoms with Gasteiger partial charge in [0.2, 0.25) is 12.0 Å². The van der Waals surface area contributed by atoms with Gasteiger partial charge in [-0.3, -0.25) is 9.59 Å². The molecule has 2 aliphatic rings. The smallest absolute Gasteiger partial charge is 0.268 e. The number of carbonyl (C=O) groups excluding carboxylic acids is 2. The van der Waals surface area contributed by atoms with Crippen LogP contribution in [0, 0.1) is 5.82 Å². The van der Waals surface area contributed by atoms with Gasteiger partial charge < -0.3 is 15.1 Å². The molecule has 2 amide bonds. The van der Waals surface area contributed by atoms with Crippen molar-refractivity contribution in [1.29, 1.82) is 0 Å². The van der Waals surface area contributed by atoms with Gasteiger partial charge in [-0.1, -0.05) is 28.9 Å². The molecule has 2 aromatic rings. The Morgan fingerprint density at radius 3 is 2.86 bits per heavy atom. The summed E-state index contributed by atoms with van der Waals surface area (Å²) in [5.74, 6) is -0.712. The van der Waals surface area contributed by atoms with Crippen LogP contribution in [0.15, 0.2) is 47.6 Å². The van der Waals surface area contributed by atoms with Gasteiger partial charge in [-0.25, -0.2) is 4.39 Å². The van der Waals surface area contributed by atoms with Gasteiger partial charge in [0.1, 0.15) is 5.82 Å². The van der Waals surface area contributed by atoms with Gasteiger partial charge >= 0.3 is 0 Å². The highest BCUT2D eigenvalue weighted by molar-refractivity contribution is 6.34. The van der Waals surface area contributed by atoms with Crippen LogP contribution >= 0.6 is 11.6 Å². The summed E-state index contributed by atoms with van der Waals surface area (Å²) in [6, 6.07) is 11.0. The lowest BCUT2D eigenvalue weighted by Gasteiger charge is -2.18. The zero-order chi connectivity index (χ0) is 19.7. The van der Waals surface area contributed by atoms with E-state index >= 15 is 0 Å². The summed E-state index contributed by atoms with van der Waals surface area (Å²) >= 11 is 6.30. The minimum Gasteiger partial charge on any atom is -0.382 e. The molecule has 0 aromatic heterocycles. The van der Waals surface area contributed by atoms with Crippen molar-refractivity contribution >= 4 is 40.5 Å². The highest BCUT2D eigenvalue weighted by Gasteiger charge is 2.29. The maximum atomic E-state index is 13.4.